The molecule has 5 heteroatoms. The highest BCUT2D eigenvalue weighted by atomic mass is 28.4. The van der Waals surface area contributed by atoms with Crippen LogP contribution < -0.4 is 9.33 Å². The van der Waals surface area contributed by atoms with Crippen LogP contribution >= 0.6 is 0 Å². The second-order valence-electron chi connectivity index (χ2n) is 9.24. The SMILES string of the molecule is COC(=O)c1ccc(N(C)c2ccc(O[Si](C)(C)C(C)(C)C)cc2C)c(C)c1C. The number of esters is 1. The minimum atomic E-state index is -1.87. The van der Waals surface area contributed by atoms with Gasteiger partial charge in [0, 0.05) is 18.4 Å². The summed E-state index contributed by atoms with van der Waals surface area (Å²) in [6.07, 6.45) is 0. The predicted octanol–water partition coefficient (Wildman–Crippen LogP) is 6.55. The first kappa shape index (κ1) is 23.0. The van der Waals surface area contributed by atoms with Crippen LogP contribution in [0, 0.1) is 20.8 Å². The molecular weight excluding hydrogens is 378 g/mol. The van der Waals surface area contributed by atoms with Crippen molar-refractivity contribution in [1.29, 1.82) is 0 Å². The summed E-state index contributed by atoms with van der Waals surface area (Å²) in [6, 6.07) is 10.1. The Balaban J connectivity index is 2.37. The summed E-state index contributed by atoms with van der Waals surface area (Å²) in [5.41, 5.74) is 5.94. The molecule has 29 heavy (non-hydrogen) atoms. The summed E-state index contributed by atoms with van der Waals surface area (Å²) < 4.78 is 11.3. The number of ether oxygens (including phenoxy) is 1. The summed E-state index contributed by atoms with van der Waals surface area (Å²) in [5, 5.41) is 0.159. The van der Waals surface area contributed by atoms with E-state index in [2.05, 4.69) is 70.9 Å². The number of nitrogens with zero attached hydrogens (tertiary/aromatic N) is 1. The molecule has 2 aromatic rings. The Morgan fingerprint density at radius 2 is 1.55 bits per heavy atom. The average molecular weight is 414 g/mol. The van der Waals surface area contributed by atoms with Crippen LogP contribution in [-0.4, -0.2) is 28.4 Å². The molecule has 0 aromatic heterocycles. The second kappa shape index (κ2) is 8.23. The maximum Gasteiger partial charge on any atom is 0.338 e. The number of hydrogen-bond acceptors (Lipinski definition) is 4. The zero-order valence-electron chi connectivity index (χ0n) is 19.6. The molecule has 0 aliphatic heterocycles. The number of carbonyl (C=O) groups is 1. The number of aryl methyl sites for hydroxylation is 1. The van der Waals surface area contributed by atoms with Gasteiger partial charge in [-0.15, -0.1) is 0 Å². The fourth-order valence-electron chi connectivity index (χ4n) is 3.15. The van der Waals surface area contributed by atoms with Crippen LogP contribution in [0.15, 0.2) is 30.3 Å². The van der Waals surface area contributed by atoms with E-state index in [1.807, 2.05) is 26.0 Å². The highest BCUT2D eigenvalue weighted by Crippen LogP contribution is 2.39. The fraction of sp³-hybridized carbons (Fsp3) is 0.458. The number of rotatable bonds is 5. The Bertz CT molecular complexity index is 913. The third-order valence-electron chi connectivity index (χ3n) is 6.23. The number of carbonyl (C=O) groups excluding carboxylic acids is 1. The molecule has 0 saturated heterocycles. The first-order chi connectivity index (χ1) is 13.3. The molecule has 0 aliphatic carbocycles. The molecule has 0 heterocycles. The Hall–Kier alpha value is -2.27. The van der Waals surface area contributed by atoms with E-state index >= 15 is 0 Å². The molecule has 158 valence electrons. The maximum atomic E-state index is 12.0. The van der Waals surface area contributed by atoms with Gasteiger partial charge < -0.3 is 14.1 Å². The molecule has 0 spiro atoms. The first-order valence-electron chi connectivity index (χ1n) is 10.0. The predicted molar refractivity (Wildman–Crippen MR) is 124 cm³/mol. The Morgan fingerprint density at radius 1 is 0.966 bits per heavy atom. The molecule has 2 rings (SSSR count). The maximum absolute atomic E-state index is 12.0. The van der Waals surface area contributed by atoms with Gasteiger partial charge in [0.15, 0.2) is 0 Å². The molecule has 0 unspecified atom stereocenters. The van der Waals surface area contributed by atoms with Crippen LogP contribution in [0.4, 0.5) is 11.4 Å². The van der Waals surface area contributed by atoms with E-state index in [9.17, 15) is 4.79 Å². The lowest BCUT2D eigenvalue weighted by molar-refractivity contribution is 0.0600. The molecule has 0 saturated carbocycles. The molecule has 0 atom stereocenters. The Labute approximate surface area is 177 Å². The van der Waals surface area contributed by atoms with E-state index in [4.69, 9.17) is 9.16 Å². The van der Waals surface area contributed by atoms with Gasteiger partial charge in [0.1, 0.15) is 5.75 Å². The van der Waals surface area contributed by atoms with E-state index in [1.165, 1.54) is 7.11 Å². The first-order valence-corrected chi connectivity index (χ1v) is 12.9. The van der Waals surface area contributed by atoms with E-state index in [1.54, 1.807) is 0 Å². The van der Waals surface area contributed by atoms with Crippen molar-refractivity contribution in [2.75, 3.05) is 19.1 Å². The van der Waals surface area contributed by atoms with Crippen molar-refractivity contribution < 1.29 is 14.0 Å². The van der Waals surface area contributed by atoms with Crippen molar-refractivity contribution >= 4 is 25.7 Å². The number of hydrogen-bond donors (Lipinski definition) is 0. The summed E-state index contributed by atoms with van der Waals surface area (Å²) in [7, 11) is 1.59. The third kappa shape index (κ3) is 4.66. The smallest absolute Gasteiger partial charge is 0.338 e. The molecule has 4 nitrogen and oxygen atoms in total. The average Bonchev–Trinajstić information content (AvgIpc) is 2.61. The van der Waals surface area contributed by atoms with Crippen molar-refractivity contribution in [2.24, 2.45) is 0 Å². The Kier molecular flexibility index (Phi) is 6.53. The van der Waals surface area contributed by atoms with Crippen molar-refractivity contribution in [3.63, 3.8) is 0 Å². The topological polar surface area (TPSA) is 38.8 Å². The zero-order valence-corrected chi connectivity index (χ0v) is 20.6. The quantitative estimate of drug-likeness (QED) is 0.411. The van der Waals surface area contributed by atoms with E-state index in [-0.39, 0.29) is 11.0 Å². The number of benzene rings is 2. The van der Waals surface area contributed by atoms with Crippen LogP contribution in [0.5, 0.6) is 5.75 Å². The molecular formula is C24H35NO3Si. The van der Waals surface area contributed by atoms with Crippen LogP contribution in [0.25, 0.3) is 0 Å². The summed E-state index contributed by atoms with van der Waals surface area (Å²) in [6.45, 7) is 17.4. The van der Waals surface area contributed by atoms with Gasteiger partial charge in [-0.05, 0) is 85.9 Å². The van der Waals surface area contributed by atoms with Crippen molar-refractivity contribution in [3.8, 4) is 5.75 Å². The molecule has 0 amide bonds. The normalized spacial score (nSPS) is 11.9. The Morgan fingerprint density at radius 3 is 2.07 bits per heavy atom. The minimum absolute atomic E-state index is 0.159. The lowest BCUT2D eigenvalue weighted by atomic mass is 10.0. The number of methoxy groups -OCH3 is 1. The third-order valence-corrected chi connectivity index (χ3v) is 10.6. The van der Waals surface area contributed by atoms with Gasteiger partial charge in [0.05, 0.1) is 12.7 Å². The standard InChI is InChI=1S/C24H35NO3Si/c1-16-15-19(28-29(9,10)24(4,5)6)11-13-21(16)25(7)22-14-12-20(23(26)27-8)17(2)18(22)3/h11-15H,1-10H3. The zero-order chi connectivity index (χ0) is 22.1. The van der Waals surface area contributed by atoms with Crippen molar-refractivity contribution in [1.82, 2.24) is 0 Å². The van der Waals surface area contributed by atoms with Gasteiger partial charge in [0.25, 0.3) is 0 Å². The van der Waals surface area contributed by atoms with Gasteiger partial charge in [-0.25, -0.2) is 4.79 Å². The van der Waals surface area contributed by atoms with Gasteiger partial charge >= 0.3 is 5.97 Å². The lowest BCUT2D eigenvalue weighted by Gasteiger charge is -2.36. The highest BCUT2D eigenvalue weighted by Gasteiger charge is 2.39. The molecule has 0 aliphatic rings. The van der Waals surface area contributed by atoms with E-state index in [0.717, 1.165) is 33.8 Å². The van der Waals surface area contributed by atoms with E-state index < -0.39 is 8.32 Å². The van der Waals surface area contributed by atoms with E-state index in [0.29, 0.717) is 5.56 Å². The van der Waals surface area contributed by atoms with Gasteiger partial charge in [0.2, 0.25) is 8.32 Å². The molecule has 0 radical (unpaired) electrons. The molecule has 2 aromatic carbocycles. The van der Waals surface area contributed by atoms with Crippen LogP contribution in [0.2, 0.25) is 18.1 Å². The largest absolute Gasteiger partial charge is 0.543 e. The van der Waals surface area contributed by atoms with Gasteiger partial charge in [-0.1, -0.05) is 20.8 Å². The van der Waals surface area contributed by atoms with Gasteiger partial charge in [-0.2, -0.15) is 0 Å². The van der Waals surface area contributed by atoms with Crippen LogP contribution in [0.1, 0.15) is 47.8 Å². The summed E-state index contributed by atoms with van der Waals surface area (Å²) >= 11 is 0. The van der Waals surface area contributed by atoms with Crippen molar-refractivity contribution in [2.45, 2.75) is 59.7 Å². The second-order valence-corrected chi connectivity index (χ2v) is 14.0. The van der Waals surface area contributed by atoms with Crippen LogP contribution in [-0.2, 0) is 4.74 Å². The van der Waals surface area contributed by atoms with Crippen molar-refractivity contribution in [3.05, 3.63) is 52.6 Å². The van der Waals surface area contributed by atoms with Crippen LogP contribution in [0.3, 0.4) is 0 Å². The summed E-state index contributed by atoms with van der Waals surface area (Å²) in [4.78, 5) is 14.1. The molecule has 0 fully saturated rings. The molecule has 0 N–H and O–H groups in total. The minimum Gasteiger partial charge on any atom is -0.543 e. The highest BCUT2D eigenvalue weighted by molar-refractivity contribution is 6.74. The fourth-order valence-corrected chi connectivity index (χ4v) is 4.17. The summed E-state index contributed by atoms with van der Waals surface area (Å²) in [5.74, 6) is 0.628. The lowest BCUT2D eigenvalue weighted by Crippen LogP contribution is -2.43. The molecule has 0 bridgehead atoms. The monoisotopic (exact) mass is 413 g/mol. The van der Waals surface area contributed by atoms with Gasteiger partial charge in [-0.3, -0.25) is 0 Å². The number of anilines is 2.